The van der Waals surface area contributed by atoms with E-state index in [-0.39, 0.29) is 29.9 Å². The lowest BCUT2D eigenvalue weighted by Crippen LogP contribution is -2.41. The number of rotatable bonds is 8. The topological polar surface area (TPSA) is 96.5 Å². The zero-order valence-corrected chi connectivity index (χ0v) is 15.9. The molecule has 2 aromatic rings. The number of amides is 1. The van der Waals surface area contributed by atoms with Crippen LogP contribution in [-0.4, -0.2) is 48.3 Å². The number of halogens is 1. The van der Waals surface area contributed by atoms with Gasteiger partial charge in [-0.05, 0) is 24.6 Å². The lowest BCUT2D eigenvalue weighted by atomic mass is 10.4. The summed E-state index contributed by atoms with van der Waals surface area (Å²) in [6.45, 7) is 2.70. The number of aliphatic imine (C=N–C) groups is 1. The molecule has 132 valence electrons. The Morgan fingerprint density at radius 1 is 1.25 bits per heavy atom. The average Bonchev–Trinajstić information content (AvgIpc) is 3.26. The first-order valence-corrected chi connectivity index (χ1v) is 7.53. The van der Waals surface area contributed by atoms with E-state index >= 15 is 0 Å². The predicted molar refractivity (Wildman–Crippen MR) is 103 cm³/mol. The molecule has 2 heterocycles. The van der Waals surface area contributed by atoms with Gasteiger partial charge in [-0.1, -0.05) is 0 Å². The molecule has 0 aromatic carbocycles. The standard InChI is InChI=1S/C15H22N6O2.HI/c1-16-15(18-6-3-10-21-11-4-7-20-21)19-9-8-17-14(22)13-5-2-12-23-13;/h2,4-5,7,11-12H,3,6,8-10H2,1H3,(H,17,22)(H2,16,18,19);1H. The van der Waals surface area contributed by atoms with Crippen molar-refractivity contribution in [3.8, 4) is 0 Å². The van der Waals surface area contributed by atoms with Crippen LogP contribution in [0.4, 0.5) is 0 Å². The fraction of sp³-hybridized carbons (Fsp3) is 0.400. The summed E-state index contributed by atoms with van der Waals surface area (Å²) >= 11 is 0. The molecule has 3 N–H and O–H groups in total. The van der Waals surface area contributed by atoms with E-state index in [0.717, 1.165) is 19.5 Å². The largest absolute Gasteiger partial charge is 0.459 e. The highest BCUT2D eigenvalue weighted by Crippen LogP contribution is 1.98. The molecule has 0 bridgehead atoms. The van der Waals surface area contributed by atoms with Crippen molar-refractivity contribution in [2.75, 3.05) is 26.7 Å². The van der Waals surface area contributed by atoms with Crippen molar-refractivity contribution in [3.63, 3.8) is 0 Å². The van der Waals surface area contributed by atoms with Gasteiger partial charge in [-0.2, -0.15) is 5.10 Å². The van der Waals surface area contributed by atoms with Gasteiger partial charge in [-0.3, -0.25) is 14.5 Å². The van der Waals surface area contributed by atoms with Crippen LogP contribution in [0.3, 0.4) is 0 Å². The molecule has 2 aromatic heterocycles. The van der Waals surface area contributed by atoms with E-state index < -0.39 is 0 Å². The highest BCUT2D eigenvalue weighted by Gasteiger charge is 2.06. The van der Waals surface area contributed by atoms with Crippen LogP contribution in [0.2, 0.25) is 0 Å². The molecule has 8 nitrogen and oxygen atoms in total. The smallest absolute Gasteiger partial charge is 0.287 e. The quantitative estimate of drug-likeness (QED) is 0.244. The van der Waals surface area contributed by atoms with E-state index in [4.69, 9.17) is 4.42 Å². The minimum atomic E-state index is -0.223. The Hall–Kier alpha value is -2.04. The molecule has 9 heteroatoms. The summed E-state index contributed by atoms with van der Waals surface area (Å²) in [5.74, 6) is 0.794. The van der Waals surface area contributed by atoms with Gasteiger partial charge in [-0.25, -0.2) is 0 Å². The maximum Gasteiger partial charge on any atom is 0.287 e. The van der Waals surface area contributed by atoms with E-state index in [1.807, 2.05) is 16.9 Å². The predicted octanol–water partition coefficient (Wildman–Crippen LogP) is 1.08. The second-order valence-corrected chi connectivity index (χ2v) is 4.78. The van der Waals surface area contributed by atoms with Crippen molar-refractivity contribution in [1.82, 2.24) is 25.7 Å². The summed E-state index contributed by atoms with van der Waals surface area (Å²) < 4.78 is 6.91. The summed E-state index contributed by atoms with van der Waals surface area (Å²) in [6, 6.07) is 5.22. The van der Waals surface area contributed by atoms with Crippen LogP contribution in [0.25, 0.3) is 0 Å². The van der Waals surface area contributed by atoms with Crippen LogP contribution in [0.1, 0.15) is 17.0 Å². The maximum absolute atomic E-state index is 11.7. The Balaban J connectivity index is 0.00000288. The van der Waals surface area contributed by atoms with Gasteiger partial charge in [0.05, 0.1) is 6.26 Å². The minimum Gasteiger partial charge on any atom is -0.459 e. The number of carbonyl (C=O) groups excluding carboxylic acids is 1. The van der Waals surface area contributed by atoms with Crippen molar-refractivity contribution >= 4 is 35.8 Å². The number of aromatic nitrogens is 2. The molecule has 0 saturated heterocycles. The molecular formula is C15H23IN6O2. The molecule has 0 aliphatic carbocycles. The van der Waals surface area contributed by atoms with Crippen LogP contribution in [-0.2, 0) is 6.54 Å². The van der Waals surface area contributed by atoms with Gasteiger partial charge >= 0.3 is 0 Å². The summed E-state index contributed by atoms with van der Waals surface area (Å²) in [7, 11) is 1.71. The van der Waals surface area contributed by atoms with Gasteiger partial charge in [0, 0.05) is 45.6 Å². The molecule has 0 aliphatic rings. The SMILES string of the molecule is CN=C(NCCCn1cccn1)NCCNC(=O)c1ccco1.I. The van der Waals surface area contributed by atoms with Gasteiger partial charge < -0.3 is 20.4 Å². The number of nitrogens with one attached hydrogen (secondary N) is 3. The monoisotopic (exact) mass is 446 g/mol. The van der Waals surface area contributed by atoms with Gasteiger partial charge in [0.25, 0.3) is 5.91 Å². The minimum absolute atomic E-state index is 0. The summed E-state index contributed by atoms with van der Waals surface area (Å²) in [6.07, 6.45) is 6.12. The number of guanidine groups is 1. The zero-order chi connectivity index (χ0) is 16.3. The van der Waals surface area contributed by atoms with E-state index in [0.29, 0.717) is 24.8 Å². The van der Waals surface area contributed by atoms with Crippen LogP contribution in [0.15, 0.2) is 46.3 Å². The number of hydrogen-bond acceptors (Lipinski definition) is 4. The first-order chi connectivity index (χ1) is 11.3. The molecule has 0 unspecified atom stereocenters. The highest BCUT2D eigenvalue weighted by molar-refractivity contribution is 14.0. The molecular weight excluding hydrogens is 423 g/mol. The maximum atomic E-state index is 11.7. The molecule has 24 heavy (non-hydrogen) atoms. The first-order valence-electron chi connectivity index (χ1n) is 7.53. The Kier molecular flexibility index (Phi) is 9.58. The Bertz CT molecular complexity index is 598. The van der Waals surface area contributed by atoms with Gasteiger partial charge in [0.1, 0.15) is 0 Å². The van der Waals surface area contributed by atoms with Gasteiger partial charge in [-0.15, -0.1) is 24.0 Å². The fourth-order valence-corrected chi connectivity index (χ4v) is 1.95. The number of hydrogen-bond donors (Lipinski definition) is 3. The van der Waals surface area contributed by atoms with Crippen LogP contribution in [0, 0.1) is 0 Å². The molecule has 0 spiro atoms. The van der Waals surface area contributed by atoms with Crippen molar-refractivity contribution in [3.05, 3.63) is 42.6 Å². The second-order valence-electron chi connectivity index (χ2n) is 4.78. The Labute approximate surface area is 158 Å². The van der Waals surface area contributed by atoms with Crippen molar-refractivity contribution in [2.45, 2.75) is 13.0 Å². The molecule has 2 rings (SSSR count). The third-order valence-corrected chi connectivity index (χ3v) is 3.09. The molecule has 0 saturated carbocycles. The van der Waals surface area contributed by atoms with Gasteiger partial charge in [0.15, 0.2) is 11.7 Å². The molecule has 0 atom stereocenters. The normalized spacial score (nSPS) is 10.8. The third-order valence-electron chi connectivity index (χ3n) is 3.09. The van der Waals surface area contributed by atoms with E-state index in [2.05, 4.69) is 26.0 Å². The zero-order valence-electron chi connectivity index (χ0n) is 13.6. The number of aryl methyl sites for hydroxylation is 1. The molecule has 0 fully saturated rings. The van der Waals surface area contributed by atoms with Crippen LogP contribution < -0.4 is 16.0 Å². The first kappa shape index (κ1) is 20.0. The molecule has 0 aliphatic heterocycles. The second kappa shape index (κ2) is 11.5. The van der Waals surface area contributed by atoms with Gasteiger partial charge in [0.2, 0.25) is 0 Å². The highest BCUT2D eigenvalue weighted by atomic mass is 127. The summed E-state index contributed by atoms with van der Waals surface area (Å²) in [5, 5.41) is 13.3. The lowest BCUT2D eigenvalue weighted by molar-refractivity contribution is 0.0926. The van der Waals surface area contributed by atoms with E-state index in [1.54, 1.807) is 25.4 Å². The average molecular weight is 446 g/mol. The van der Waals surface area contributed by atoms with Crippen molar-refractivity contribution < 1.29 is 9.21 Å². The number of carbonyl (C=O) groups is 1. The fourth-order valence-electron chi connectivity index (χ4n) is 1.95. The van der Waals surface area contributed by atoms with Crippen LogP contribution >= 0.6 is 24.0 Å². The Morgan fingerprint density at radius 2 is 2.04 bits per heavy atom. The van der Waals surface area contributed by atoms with E-state index in [9.17, 15) is 4.79 Å². The lowest BCUT2D eigenvalue weighted by Gasteiger charge is -2.12. The molecule has 1 amide bonds. The summed E-state index contributed by atoms with van der Waals surface area (Å²) in [5.41, 5.74) is 0. The van der Waals surface area contributed by atoms with Crippen LogP contribution in [0.5, 0.6) is 0 Å². The third kappa shape index (κ3) is 7.02. The number of furan rings is 1. The Morgan fingerprint density at radius 3 is 2.71 bits per heavy atom. The molecule has 0 radical (unpaired) electrons. The van der Waals surface area contributed by atoms with Crippen molar-refractivity contribution in [2.24, 2.45) is 4.99 Å². The number of nitrogens with zero attached hydrogens (tertiary/aromatic N) is 3. The summed E-state index contributed by atoms with van der Waals surface area (Å²) in [4.78, 5) is 15.8. The van der Waals surface area contributed by atoms with Crippen molar-refractivity contribution in [1.29, 1.82) is 0 Å². The van der Waals surface area contributed by atoms with E-state index in [1.165, 1.54) is 6.26 Å².